The van der Waals surface area contributed by atoms with Crippen LogP contribution >= 0.6 is 0 Å². The van der Waals surface area contributed by atoms with E-state index in [1.165, 1.54) is 27.7 Å². The lowest BCUT2D eigenvalue weighted by Crippen LogP contribution is -2.66. The molecule has 0 aromatic carbocycles. The molecule has 2 aliphatic heterocycles. The van der Waals surface area contributed by atoms with E-state index in [0.717, 1.165) is 13.8 Å². The largest absolute Gasteiger partial charge is 0.463 e. The molecule has 0 aliphatic carbocycles. The van der Waals surface area contributed by atoms with Crippen molar-refractivity contribution in [2.24, 2.45) is 17.8 Å². The molecule has 3 N–H and O–H groups in total. The highest BCUT2D eigenvalue weighted by molar-refractivity contribution is 5.74. The summed E-state index contributed by atoms with van der Waals surface area (Å²) in [7, 11) is 0. The minimum absolute atomic E-state index is 0.388. The van der Waals surface area contributed by atoms with Crippen LogP contribution in [0, 0.1) is 17.8 Å². The highest BCUT2D eigenvalue weighted by Crippen LogP contribution is 2.39. The summed E-state index contributed by atoms with van der Waals surface area (Å²) in [4.78, 5) is 62.4. The normalized spacial score (nSPS) is 32.1. The zero-order chi connectivity index (χ0) is 34.2. The Kier molecular flexibility index (Phi) is 14.1. The summed E-state index contributed by atoms with van der Waals surface area (Å²) >= 11 is 0. The third-order valence-corrected chi connectivity index (χ3v) is 7.25. The summed E-state index contributed by atoms with van der Waals surface area (Å²) in [5.74, 6) is -8.36. The average Bonchev–Trinajstić information content (AvgIpc) is 3.23. The molecule has 0 spiro atoms. The number of esters is 5. The van der Waals surface area contributed by atoms with Crippen molar-refractivity contribution in [2.45, 2.75) is 117 Å². The standard InChI is InChI=1S/C29H46O16/c1-9-15(6)27(37)41-20-19(11-38-16(7)32)40-28(23(43-26(36)14(4)5)22(20)42-25(35)13(2)3)45-29(12-31)24(34)21(39-17(8)33)18(10-30)44-29/h13-15,18-24,28,30-31,34H,9-12H2,1-8H3/t15?,18-,19-,20-,21-,22+,23-,24+,28-,29+/m1/s1. The van der Waals surface area contributed by atoms with Gasteiger partial charge in [-0.2, -0.15) is 0 Å². The van der Waals surface area contributed by atoms with Gasteiger partial charge in [0.1, 0.15) is 31.5 Å². The molecule has 10 atom stereocenters. The van der Waals surface area contributed by atoms with Crippen LogP contribution in [0.15, 0.2) is 0 Å². The number of ether oxygens (including phenoxy) is 8. The Labute approximate surface area is 261 Å². The van der Waals surface area contributed by atoms with Crippen LogP contribution in [-0.2, 0) is 61.9 Å². The molecule has 0 amide bonds. The van der Waals surface area contributed by atoms with Gasteiger partial charge in [0.15, 0.2) is 24.4 Å². The Morgan fingerprint density at radius 2 is 1.31 bits per heavy atom. The van der Waals surface area contributed by atoms with E-state index in [-0.39, 0.29) is 0 Å². The molecule has 258 valence electrons. The molecule has 0 bridgehead atoms. The van der Waals surface area contributed by atoms with Gasteiger partial charge in [0, 0.05) is 13.8 Å². The van der Waals surface area contributed by atoms with E-state index in [9.17, 15) is 39.3 Å². The van der Waals surface area contributed by atoms with Crippen LogP contribution in [0.2, 0.25) is 0 Å². The minimum Gasteiger partial charge on any atom is -0.463 e. The first-order valence-corrected chi connectivity index (χ1v) is 14.8. The maximum absolute atomic E-state index is 13.0. The van der Waals surface area contributed by atoms with Crippen molar-refractivity contribution >= 4 is 29.8 Å². The Morgan fingerprint density at radius 3 is 1.78 bits per heavy atom. The Morgan fingerprint density at radius 1 is 0.756 bits per heavy atom. The number of carbonyl (C=O) groups is 5. The van der Waals surface area contributed by atoms with Gasteiger partial charge in [-0.05, 0) is 6.42 Å². The Balaban J connectivity index is 2.69. The number of hydrogen-bond donors (Lipinski definition) is 3. The van der Waals surface area contributed by atoms with Gasteiger partial charge in [0.05, 0.1) is 24.4 Å². The molecule has 2 saturated heterocycles. The van der Waals surface area contributed by atoms with E-state index in [1.807, 2.05) is 0 Å². The number of aliphatic hydroxyl groups is 3. The predicted octanol–water partition coefficient (Wildman–Crippen LogP) is -0.243. The van der Waals surface area contributed by atoms with Crippen LogP contribution in [0.25, 0.3) is 0 Å². The molecular formula is C29H46O16. The summed E-state index contributed by atoms with van der Waals surface area (Å²) < 4.78 is 45.1. The van der Waals surface area contributed by atoms with E-state index in [2.05, 4.69) is 0 Å². The molecule has 1 unspecified atom stereocenters. The lowest BCUT2D eigenvalue weighted by molar-refractivity contribution is -0.384. The highest BCUT2D eigenvalue weighted by Gasteiger charge is 2.62. The van der Waals surface area contributed by atoms with Crippen molar-refractivity contribution in [1.29, 1.82) is 0 Å². The number of carbonyl (C=O) groups excluding carboxylic acids is 5. The van der Waals surface area contributed by atoms with Crippen molar-refractivity contribution < 1.29 is 77.2 Å². The maximum atomic E-state index is 13.0. The molecule has 2 rings (SSSR count). The second-order valence-corrected chi connectivity index (χ2v) is 11.6. The van der Waals surface area contributed by atoms with Crippen LogP contribution in [0.4, 0.5) is 0 Å². The lowest BCUT2D eigenvalue weighted by atomic mass is 9.96. The summed E-state index contributed by atoms with van der Waals surface area (Å²) in [6.45, 7) is 9.23. The quantitative estimate of drug-likeness (QED) is 0.163. The topological polar surface area (TPSA) is 220 Å². The number of rotatable bonds is 14. The van der Waals surface area contributed by atoms with E-state index in [4.69, 9.17) is 37.9 Å². The fourth-order valence-corrected chi connectivity index (χ4v) is 4.45. The van der Waals surface area contributed by atoms with Crippen LogP contribution < -0.4 is 0 Å². The van der Waals surface area contributed by atoms with E-state index in [0.29, 0.717) is 6.42 Å². The fraction of sp³-hybridized carbons (Fsp3) is 0.828. The van der Waals surface area contributed by atoms with Crippen LogP contribution in [-0.4, -0.2) is 120 Å². The smallest absolute Gasteiger partial charge is 0.309 e. The summed E-state index contributed by atoms with van der Waals surface area (Å²) in [5.41, 5.74) is 0. The van der Waals surface area contributed by atoms with Gasteiger partial charge in [0.25, 0.3) is 0 Å². The van der Waals surface area contributed by atoms with E-state index in [1.54, 1.807) is 13.8 Å². The molecule has 0 saturated carbocycles. The summed E-state index contributed by atoms with van der Waals surface area (Å²) in [6.07, 6.45) is -12.5. The number of aliphatic hydroxyl groups excluding tert-OH is 3. The Hall–Kier alpha value is -2.89. The predicted molar refractivity (Wildman–Crippen MR) is 148 cm³/mol. The van der Waals surface area contributed by atoms with Gasteiger partial charge in [-0.1, -0.05) is 41.5 Å². The first-order valence-electron chi connectivity index (χ1n) is 14.8. The van der Waals surface area contributed by atoms with Gasteiger partial charge in [0.2, 0.25) is 12.1 Å². The molecule has 2 aliphatic rings. The van der Waals surface area contributed by atoms with Gasteiger partial charge in [-0.15, -0.1) is 0 Å². The van der Waals surface area contributed by atoms with Crippen molar-refractivity contribution in [3.63, 3.8) is 0 Å². The molecule has 0 aromatic rings. The van der Waals surface area contributed by atoms with Crippen LogP contribution in [0.5, 0.6) is 0 Å². The zero-order valence-corrected chi connectivity index (χ0v) is 26.8. The van der Waals surface area contributed by atoms with Gasteiger partial charge in [-0.3, -0.25) is 24.0 Å². The minimum atomic E-state index is -2.44. The van der Waals surface area contributed by atoms with Gasteiger partial charge >= 0.3 is 29.8 Å². The second kappa shape index (κ2) is 16.6. The third kappa shape index (κ3) is 9.56. The first-order chi connectivity index (χ1) is 21.0. The fourth-order valence-electron chi connectivity index (χ4n) is 4.45. The zero-order valence-electron chi connectivity index (χ0n) is 26.8. The summed E-state index contributed by atoms with van der Waals surface area (Å²) in [5, 5.41) is 31.4. The molecule has 45 heavy (non-hydrogen) atoms. The molecule has 16 nitrogen and oxygen atoms in total. The molecular weight excluding hydrogens is 604 g/mol. The second-order valence-electron chi connectivity index (χ2n) is 11.6. The van der Waals surface area contributed by atoms with E-state index < -0.39 is 122 Å². The van der Waals surface area contributed by atoms with Crippen molar-refractivity contribution in [3.05, 3.63) is 0 Å². The molecule has 16 heteroatoms. The first kappa shape index (κ1) is 38.3. The third-order valence-electron chi connectivity index (χ3n) is 7.25. The van der Waals surface area contributed by atoms with Crippen molar-refractivity contribution in [2.75, 3.05) is 19.8 Å². The van der Waals surface area contributed by atoms with Gasteiger partial charge in [-0.25, -0.2) is 0 Å². The Bertz CT molecular complexity index is 1050. The number of hydrogen-bond acceptors (Lipinski definition) is 16. The van der Waals surface area contributed by atoms with Crippen molar-refractivity contribution in [1.82, 2.24) is 0 Å². The SMILES string of the molecule is CCC(C)C(=O)O[C@H]1[C@H](OC(=O)C(C)C)[C@@H](OC(=O)C(C)C)[C@@H](O[C@]2(CO)O[C@H](CO)[C@@H](OC(C)=O)[C@@H]2O)O[C@@H]1COC(C)=O. The van der Waals surface area contributed by atoms with Gasteiger partial charge < -0.3 is 53.2 Å². The summed E-state index contributed by atoms with van der Waals surface area (Å²) in [6, 6.07) is 0. The molecule has 0 radical (unpaired) electrons. The van der Waals surface area contributed by atoms with E-state index >= 15 is 0 Å². The molecule has 2 fully saturated rings. The highest BCUT2D eigenvalue weighted by atomic mass is 16.8. The van der Waals surface area contributed by atoms with Crippen LogP contribution in [0.3, 0.4) is 0 Å². The average molecular weight is 651 g/mol. The monoisotopic (exact) mass is 650 g/mol. The van der Waals surface area contributed by atoms with Crippen LogP contribution in [0.1, 0.15) is 61.8 Å². The molecule has 2 heterocycles. The maximum Gasteiger partial charge on any atom is 0.309 e. The van der Waals surface area contributed by atoms with Crippen molar-refractivity contribution in [3.8, 4) is 0 Å². The molecule has 0 aromatic heterocycles. The lowest BCUT2D eigenvalue weighted by Gasteiger charge is -2.46.